The van der Waals surface area contributed by atoms with E-state index in [0.29, 0.717) is 11.4 Å². The van der Waals surface area contributed by atoms with E-state index in [1.54, 1.807) is 20.2 Å². The van der Waals surface area contributed by atoms with Crippen molar-refractivity contribution in [2.24, 2.45) is 0 Å². The fraction of sp³-hybridized carbons (Fsp3) is 0.105. The quantitative estimate of drug-likeness (QED) is 0.642. The summed E-state index contributed by atoms with van der Waals surface area (Å²) in [6, 6.07) is 15.2. The highest BCUT2D eigenvalue weighted by molar-refractivity contribution is 6.01. The van der Waals surface area contributed by atoms with Crippen LogP contribution in [0.1, 0.15) is 11.1 Å². The summed E-state index contributed by atoms with van der Waals surface area (Å²) >= 11 is 0. The van der Waals surface area contributed by atoms with Crippen LogP contribution in [0.5, 0.6) is 5.75 Å². The SMILES string of the molecule is C=CC(=O)N(C)c1cc(OC)ccc1C#Cc1ccccc1. The van der Waals surface area contributed by atoms with Crippen LogP contribution < -0.4 is 9.64 Å². The first-order valence-corrected chi connectivity index (χ1v) is 6.81. The number of amides is 1. The Labute approximate surface area is 130 Å². The molecule has 0 saturated heterocycles. The van der Waals surface area contributed by atoms with E-state index in [1.165, 1.54) is 11.0 Å². The number of likely N-dealkylation sites (N-methyl/N-ethyl adjacent to an activating group) is 1. The van der Waals surface area contributed by atoms with E-state index in [1.807, 2.05) is 42.5 Å². The maximum Gasteiger partial charge on any atom is 0.250 e. The molecular formula is C19H17NO2. The zero-order chi connectivity index (χ0) is 15.9. The van der Waals surface area contributed by atoms with Gasteiger partial charge in [-0.2, -0.15) is 0 Å². The molecule has 0 saturated carbocycles. The number of anilines is 1. The van der Waals surface area contributed by atoms with E-state index in [0.717, 1.165) is 11.1 Å². The van der Waals surface area contributed by atoms with Gasteiger partial charge in [0.1, 0.15) is 5.75 Å². The zero-order valence-corrected chi connectivity index (χ0v) is 12.7. The molecule has 0 aliphatic carbocycles. The number of nitrogens with zero attached hydrogens (tertiary/aromatic N) is 1. The summed E-state index contributed by atoms with van der Waals surface area (Å²) in [6.45, 7) is 3.51. The summed E-state index contributed by atoms with van der Waals surface area (Å²) in [5.41, 5.74) is 2.36. The fourth-order valence-corrected chi connectivity index (χ4v) is 1.94. The van der Waals surface area contributed by atoms with Gasteiger partial charge in [-0.25, -0.2) is 0 Å². The molecule has 0 atom stereocenters. The Balaban J connectivity index is 2.45. The predicted octanol–water partition coefficient (Wildman–Crippen LogP) is 3.24. The third kappa shape index (κ3) is 3.56. The largest absolute Gasteiger partial charge is 0.497 e. The summed E-state index contributed by atoms with van der Waals surface area (Å²) in [4.78, 5) is 13.4. The van der Waals surface area contributed by atoms with Gasteiger partial charge in [-0.1, -0.05) is 36.6 Å². The van der Waals surface area contributed by atoms with Gasteiger partial charge in [-0.3, -0.25) is 4.79 Å². The Kier molecular flexibility index (Phi) is 5.00. The molecule has 0 aliphatic rings. The van der Waals surface area contributed by atoms with Crippen molar-refractivity contribution in [3.63, 3.8) is 0 Å². The Morgan fingerprint density at radius 1 is 1.18 bits per heavy atom. The lowest BCUT2D eigenvalue weighted by Gasteiger charge is -2.18. The fourth-order valence-electron chi connectivity index (χ4n) is 1.94. The Morgan fingerprint density at radius 3 is 2.55 bits per heavy atom. The molecule has 2 aromatic carbocycles. The number of hydrogen-bond donors (Lipinski definition) is 0. The molecule has 1 amide bonds. The standard InChI is InChI=1S/C19H17NO2/c1-4-19(21)20(2)18-14-17(22-3)13-12-16(18)11-10-15-8-6-5-7-9-15/h4-9,12-14H,1H2,2-3H3. The van der Waals surface area contributed by atoms with Crippen LogP contribution in [0, 0.1) is 11.8 Å². The summed E-state index contributed by atoms with van der Waals surface area (Å²) < 4.78 is 5.22. The molecule has 22 heavy (non-hydrogen) atoms. The van der Waals surface area contributed by atoms with Crippen molar-refractivity contribution in [3.05, 3.63) is 72.3 Å². The minimum Gasteiger partial charge on any atom is -0.497 e. The molecule has 0 bridgehead atoms. The minimum absolute atomic E-state index is 0.198. The average Bonchev–Trinajstić information content (AvgIpc) is 2.59. The molecule has 0 aromatic heterocycles. The second-order valence-electron chi connectivity index (χ2n) is 4.60. The lowest BCUT2D eigenvalue weighted by atomic mass is 10.1. The normalized spacial score (nSPS) is 9.36. The van der Waals surface area contributed by atoms with Crippen molar-refractivity contribution < 1.29 is 9.53 Å². The molecule has 0 heterocycles. The molecule has 0 fully saturated rings. The van der Waals surface area contributed by atoms with Gasteiger partial charge in [0, 0.05) is 24.2 Å². The smallest absolute Gasteiger partial charge is 0.250 e. The van der Waals surface area contributed by atoms with Crippen molar-refractivity contribution in [3.8, 4) is 17.6 Å². The van der Waals surface area contributed by atoms with Gasteiger partial charge >= 0.3 is 0 Å². The molecule has 3 heteroatoms. The van der Waals surface area contributed by atoms with E-state index in [-0.39, 0.29) is 5.91 Å². The first kappa shape index (κ1) is 15.4. The lowest BCUT2D eigenvalue weighted by molar-refractivity contribution is -0.113. The maximum atomic E-state index is 11.9. The molecule has 2 aromatic rings. The second kappa shape index (κ2) is 7.14. The average molecular weight is 291 g/mol. The molecule has 0 N–H and O–H groups in total. The third-order valence-electron chi connectivity index (χ3n) is 3.19. The molecule has 3 nitrogen and oxygen atoms in total. The predicted molar refractivity (Wildman–Crippen MR) is 89.0 cm³/mol. The van der Waals surface area contributed by atoms with Crippen molar-refractivity contribution in [1.29, 1.82) is 0 Å². The number of carbonyl (C=O) groups is 1. The van der Waals surface area contributed by atoms with Crippen molar-refractivity contribution in [2.75, 3.05) is 19.1 Å². The van der Waals surface area contributed by atoms with Gasteiger partial charge in [0.25, 0.3) is 0 Å². The number of ether oxygens (including phenoxy) is 1. The molecular weight excluding hydrogens is 274 g/mol. The van der Waals surface area contributed by atoms with Gasteiger partial charge in [0.15, 0.2) is 0 Å². The summed E-state index contributed by atoms with van der Waals surface area (Å²) in [7, 11) is 3.27. The summed E-state index contributed by atoms with van der Waals surface area (Å²) in [6.07, 6.45) is 1.27. The van der Waals surface area contributed by atoms with Gasteiger partial charge in [-0.05, 0) is 30.3 Å². The molecule has 0 radical (unpaired) electrons. The molecule has 0 unspecified atom stereocenters. The highest BCUT2D eigenvalue weighted by Gasteiger charge is 2.12. The molecule has 110 valence electrons. The number of carbonyl (C=O) groups excluding carboxylic acids is 1. The van der Waals surface area contributed by atoms with Gasteiger partial charge in [0.05, 0.1) is 12.8 Å². The van der Waals surface area contributed by atoms with Crippen LogP contribution in [0.3, 0.4) is 0 Å². The van der Waals surface area contributed by atoms with Crippen LogP contribution in [0.2, 0.25) is 0 Å². The summed E-state index contributed by atoms with van der Waals surface area (Å²) in [5, 5.41) is 0. The lowest BCUT2D eigenvalue weighted by Crippen LogP contribution is -2.24. The molecule has 2 rings (SSSR count). The third-order valence-corrected chi connectivity index (χ3v) is 3.19. The Morgan fingerprint density at radius 2 is 1.91 bits per heavy atom. The van der Waals surface area contributed by atoms with Crippen LogP contribution in [-0.4, -0.2) is 20.1 Å². The van der Waals surface area contributed by atoms with Crippen molar-refractivity contribution in [2.45, 2.75) is 0 Å². The van der Waals surface area contributed by atoms with E-state index >= 15 is 0 Å². The monoisotopic (exact) mass is 291 g/mol. The Hall–Kier alpha value is -2.99. The Bertz CT molecular complexity index is 739. The van der Waals surface area contributed by atoms with Crippen LogP contribution in [0.15, 0.2) is 61.2 Å². The van der Waals surface area contributed by atoms with Gasteiger partial charge in [0.2, 0.25) is 5.91 Å². The highest BCUT2D eigenvalue weighted by atomic mass is 16.5. The van der Waals surface area contributed by atoms with Crippen LogP contribution in [-0.2, 0) is 4.79 Å². The molecule has 0 aliphatic heterocycles. The van der Waals surface area contributed by atoms with Crippen molar-refractivity contribution in [1.82, 2.24) is 0 Å². The zero-order valence-electron chi connectivity index (χ0n) is 12.7. The van der Waals surface area contributed by atoms with E-state index in [4.69, 9.17) is 4.74 Å². The van der Waals surface area contributed by atoms with Crippen LogP contribution in [0.4, 0.5) is 5.69 Å². The first-order chi connectivity index (χ1) is 10.7. The number of methoxy groups -OCH3 is 1. The molecule has 0 spiro atoms. The number of hydrogen-bond acceptors (Lipinski definition) is 2. The summed E-state index contributed by atoms with van der Waals surface area (Å²) in [5.74, 6) is 6.68. The topological polar surface area (TPSA) is 29.5 Å². The maximum absolute atomic E-state index is 11.9. The van der Waals surface area contributed by atoms with E-state index in [9.17, 15) is 4.79 Å². The number of benzene rings is 2. The first-order valence-electron chi connectivity index (χ1n) is 6.81. The van der Waals surface area contributed by atoms with Crippen LogP contribution >= 0.6 is 0 Å². The highest BCUT2D eigenvalue weighted by Crippen LogP contribution is 2.25. The second-order valence-corrected chi connectivity index (χ2v) is 4.60. The minimum atomic E-state index is -0.198. The van der Waals surface area contributed by atoms with E-state index in [2.05, 4.69) is 18.4 Å². The van der Waals surface area contributed by atoms with E-state index < -0.39 is 0 Å². The van der Waals surface area contributed by atoms with Gasteiger partial charge < -0.3 is 9.64 Å². The van der Waals surface area contributed by atoms with Crippen molar-refractivity contribution >= 4 is 11.6 Å². The van der Waals surface area contributed by atoms with Crippen LogP contribution in [0.25, 0.3) is 0 Å². The van der Waals surface area contributed by atoms with Gasteiger partial charge in [-0.15, -0.1) is 0 Å². The number of rotatable bonds is 3.